The molecule has 2 aliphatic heterocycles. The van der Waals surface area contributed by atoms with Crippen molar-refractivity contribution in [2.75, 3.05) is 11.9 Å². The molecule has 0 amide bonds. The molecule has 5 rings (SSSR count). The molecule has 3 nitrogen and oxygen atoms in total. The second-order valence-electron chi connectivity index (χ2n) is 9.05. The number of fused-ring (bicyclic) bond motifs is 3. The molecule has 30 heavy (non-hydrogen) atoms. The van der Waals surface area contributed by atoms with E-state index in [-0.39, 0.29) is 24.3 Å². The summed E-state index contributed by atoms with van der Waals surface area (Å²) in [5.41, 5.74) is 4.36. The highest BCUT2D eigenvalue weighted by Crippen LogP contribution is 2.47. The normalized spacial score (nSPS) is 25.9. The fourth-order valence-corrected chi connectivity index (χ4v) is 5.74. The first-order valence-electron chi connectivity index (χ1n) is 11.4. The van der Waals surface area contributed by atoms with Crippen LogP contribution in [-0.2, 0) is 11.2 Å². The van der Waals surface area contributed by atoms with Crippen LogP contribution in [0.5, 0.6) is 0 Å². The van der Waals surface area contributed by atoms with Crippen LogP contribution in [0.1, 0.15) is 72.5 Å². The zero-order valence-electron chi connectivity index (χ0n) is 17.5. The monoisotopic (exact) mass is 425 g/mol. The van der Waals surface area contributed by atoms with Crippen LogP contribution in [0.15, 0.2) is 48.5 Å². The Balaban J connectivity index is 0.00000218. The van der Waals surface area contributed by atoms with E-state index in [9.17, 15) is 4.79 Å². The standard InChI is InChI=1S/C26H31NO2.ClH/c28-24(19-8-3-1-4-9-19)17-18-13-14-23-22(16-18)26-21(12-7-15-29-26)25(27-23)20-10-5-2-6-11-20;/h1,3-4,8-9,13-14,16,20-21,25-27H,2,5-7,10-12,15,17H2;1H/t21-,25+,26-;/m0./s1. The summed E-state index contributed by atoms with van der Waals surface area (Å²) in [4.78, 5) is 12.7. The Bertz CT molecular complexity index is 863. The molecule has 1 aliphatic carbocycles. The van der Waals surface area contributed by atoms with Crippen molar-refractivity contribution in [3.63, 3.8) is 0 Å². The molecule has 2 aromatic rings. The van der Waals surface area contributed by atoms with Gasteiger partial charge in [0.05, 0.1) is 6.10 Å². The minimum atomic E-state index is 0. The molecule has 2 heterocycles. The number of nitrogens with one attached hydrogen (secondary N) is 1. The molecule has 4 heteroatoms. The van der Waals surface area contributed by atoms with E-state index in [0.29, 0.717) is 18.4 Å². The van der Waals surface area contributed by atoms with Crippen LogP contribution in [0.2, 0.25) is 0 Å². The minimum absolute atomic E-state index is 0. The van der Waals surface area contributed by atoms with Gasteiger partial charge in [-0.25, -0.2) is 0 Å². The highest BCUT2D eigenvalue weighted by atomic mass is 35.5. The lowest BCUT2D eigenvalue weighted by molar-refractivity contribution is -0.0458. The number of rotatable bonds is 4. The predicted molar refractivity (Wildman–Crippen MR) is 124 cm³/mol. The summed E-state index contributed by atoms with van der Waals surface area (Å²) in [6.07, 6.45) is 9.85. The number of carbonyl (C=O) groups is 1. The van der Waals surface area contributed by atoms with Crippen LogP contribution < -0.4 is 5.32 Å². The van der Waals surface area contributed by atoms with Gasteiger partial charge in [-0.1, -0.05) is 61.7 Å². The number of benzene rings is 2. The number of ketones is 1. The van der Waals surface area contributed by atoms with E-state index in [4.69, 9.17) is 4.74 Å². The molecule has 1 saturated heterocycles. The van der Waals surface area contributed by atoms with Gasteiger partial charge in [-0.2, -0.15) is 0 Å². The number of ether oxygens (including phenoxy) is 1. The molecule has 3 atom stereocenters. The molecule has 3 aliphatic rings. The van der Waals surface area contributed by atoms with Crippen molar-refractivity contribution in [2.24, 2.45) is 11.8 Å². The number of anilines is 1. The van der Waals surface area contributed by atoms with Crippen molar-refractivity contribution < 1.29 is 9.53 Å². The first kappa shape index (κ1) is 21.4. The Kier molecular flexibility index (Phi) is 6.80. The molecular weight excluding hydrogens is 394 g/mol. The molecule has 0 bridgehead atoms. The first-order valence-corrected chi connectivity index (χ1v) is 11.4. The van der Waals surface area contributed by atoms with Crippen LogP contribution in [0.4, 0.5) is 5.69 Å². The second kappa shape index (κ2) is 9.53. The van der Waals surface area contributed by atoms with Crippen LogP contribution in [0, 0.1) is 11.8 Å². The third-order valence-corrected chi connectivity index (χ3v) is 7.19. The number of halogens is 1. The van der Waals surface area contributed by atoms with E-state index < -0.39 is 0 Å². The highest BCUT2D eigenvalue weighted by molar-refractivity contribution is 5.97. The lowest BCUT2D eigenvalue weighted by atomic mass is 9.71. The maximum absolute atomic E-state index is 12.7. The van der Waals surface area contributed by atoms with Crippen molar-refractivity contribution in [1.82, 2.24) is 0 Å². The number of hydrogen-bond donors (Lipinski definition) is 1. The van der Waals surface area contributed by atoms with Crippen molar-refractivity contribution in [1.29, 1.82) is 0 Å². The van der Waals surface area contributed by atoms with Gasteiger partial charge in [0, 0.05) is 41.8 Å². The molecule has 1 N–H and O–H groups in total. The second-order valence-corrected chi connectivity index (χ2v) is 9.05. The van der Waals surface area contributed by atoms with Gasteiger partial charge in [0.15, 0.2) is 5.78 Å². The summed E-state index contributed by atoms with van der Waals surface area (Å²) in [7, 11) is 0. The van der Waals surface area contributed by atoms with Gasteiger partial charge in [-0.15, -0.1) is 12.4 Å². The quantitative estimate of drug-likeness (QED) is 0.578. The average molecular weight is 426 g/mol. The number of hydrogen-bond acceptors (Lipinski definition) is 3. The van der Waals surface area contributed by atoms with Crippen molar-refractivity contribution in [3.05, 3.63) is 65.2 Å². The van der Waals surface area contributed by atoms with Crippen molar-refractivity contribution >= 4 is 23.9 Å². The van der Waals surface area contributed by atoms with Gasteiger partial charge in [0.1, 0.15) is 0 Å². The molecule has 2 fully saturated rings. The minimum Gasteiger partial charge on any atom is -0.381 e. The van der Waals surface area contributed by atoms with Crippen molar-refractivity contribution in [2.45, 2.75) is 63.5 Å². The van der Waals surface area contributed by atoms with Crippen LogP contribution in [-0.4, -0.2) is 18.4 Å². The fraction of sp³-hybridized carbons (Fsp3) is 0.500. The average Bonchev–Trinajstić information content (AvgIpc) is 2.80. The van der Waals surface area contributed by atoms with Gasteiger partial charge >= 0.3 is 0 Å². The van der Waals surface area contributed by atoms with Crippen LogP contribution in [0.3, 0.4) is 0 Å². The Morgan fingerprint density at radius 2 is 1.77 bits per heavy atom. The maximum atomic E-state index is 12.7. The SMILES string of the molecule is Cl.O=C(Cc1ccc2c(c1)[C@H]1OCCC[C@H]1[C@@H](C1CCCCC1)N2)c1ccccc1. The molecule has 0 spiro atoms. The van der Waals surface area contributed by atoms with Gasteiger partial charge in [0.25, 0.3) is 0 Å². The van der Waals surface area contributed by atoms with E-state index in [1.807, 2.05) is 30.3 Å². The Hall–Kier alpha value is -1.84. The maximum Gasteiger partial charge on any atom is 0.167 e. The summed E-state index contributed by atoms with van der Waals surface area (Å²) in [6.45, 7) is 0.852. The van der Waals surface area contributed by atoms with Crippen LogP contribution >= 0.6 is 12.4 Å². The summed E-state index contributed by atoms with van der Waals surface area (Å²) in [5, 5.41) is 3.91. The Labute approximate surface area is 186 Å². The number of Topliss-reactive ketones (excluding diaryl/α,β-unsaturated/α-hetero) is 1. The first-order chi connectivity index (χ1) is 14.3. The zero-order chi connectivity index (χ0) is 19.6. The van der Waals surface area contributed by atoms with Crippen LogP contribution in [0.25, 0.3) is 0 Å². The van der Waals surface area contributed by atoms with Gasteiger partial charge < -0.3 is 10.1 Å². The van der Waals surface area contributed by atoms with Gasteiger partial charge in [-0.3, -0.25) is 4.79 Å². The molecule has 2 aromatic carbocycles. The Morgan fingerprint density at radius 1 is 0.967 bits per heavy atom. The summed E-state index contributed by atoms with van der Waals surface area (Å²) >= 11 is 0. The Morgan fingerprint density at radius 3 is 2.57 bits per heavy atom. The zero-order valence-corrected chi connectivity index (χ0v) is 18.3. The van der Waals surface area contributed by atoms with Gasteiger partial charge in [-0.05, 0) is 43.2 Å². The van der Waals surface area contributed by atoms with E-state index in [1.165, 1.54) is 49.8 Å². The summed E-state index contributed by atoms with van der Waals surface area (Å²) < 4.78 is 6.35. The lowest BCUT2D eigenvalue weighted by Crippen LogP contribution is -2.46. The van der Waals surface area contributed by atoms with Gasteiger partial charge in [0.2, 0.25) is 0 Å². The molecule has 160 valence electrons. The third kappa shape index (κ3) is 4.29. The molecule has 0 unspecified atom stereocenters. The molecule has 1 saturated carbocycles. The predicted octanol–water partition coefficient (Wildman–Crippen LogP) is 6.38. The molecule has 0 aromatic heterocycles. The topological polar surface area (TPSA) is 38.3 Å². The summed E-state index contributed by atoms with van der Waals surface area (Å²) in [5.74, 6) is 1.50. The third-order valence-electron chi connectivity index (χ3n) is 7.19. The highest BCUT2D eigenvalue weighted by Gasteiger charge is 2.42. The van der Waals surface area contributed by atoms with E-state index in [1.54, 1.807) is 0 Å². The molecule has 0 radical (unpaired) electrons. The fourth-order valence-electron chi connectivity index (χ4n) is 5.74. The largest absolute Gasteiger partial charge is 0.381 e. The number of carbonyl (C=O) groups excluding carboxylic acids is 1. The van der Waals surface area contributed by atoms with E-state index in [2.05, 4.69) is 23.5 Å². The van der Waals surface area contributed by atoms with Crippen molar-refractivity contribution in [3.8, 4) is 0 Å². The molecular formula is C26H32ClNO2. The van der Waals surface area contributed by atoms with E-state index in [0.717, 1.165) is 30.1 Å². The van der Waals surface area contributed by atoms with E-state index >= 15 is 0 Å². The smallest absolute Gasteiger partial charge is 0.167 e. The summed E-state index contributed by atoms with van der Waals surface area (Å²) in [6, 6.07) is 16.7. The lowest BCUT2D eigenvalue weighted by Gasteiger charge is -2.47.